The largest absolute Gasteiger partial charge is 0.458 e. The molecule has 2 N–H and O–H groups in total. The summed E-state index contributed by atoms with van der Waals surface area (Å²) in [6.07, 6.45) is -0.493. The minimum atomic E-state index is -0.493. The predicted molar refractivity (Wildman–Crippen MR) is 68.1 cm³/mol. The Morgan fingerprint density at radius 3 is 2.06 bits per heavy atom. The average molecular weight is 252 g/mol. The quantitative estimate of drug-likeness (QED) is 0.752. The molecule has 18 heavy (non-hydrogen) atoms. The van der Waals surface area contributed by atoms with Gasteiger partial charge in [-0.3, -0.25) is 0 Å². The molecule has 1 aromatic carbocycles. The van der Waals surface area contributed by atoms with Crippen molar-refractivity contribution in [2.45, 2.75) is 20.0 Å². The molecule has 0 radical (unpaired) electrons. The van der Waals surface area contributed by atoms with Gasteiger partial charge in [0.2, 0.25) is 0 Å². The lowest BCUT2D eigenvalue weighted by Crippen LogP contribution is -2.35. The summed E-state index contributed by atoms with van der Waals surface area (Å²) >= 11 is 0. The standard InChI is InChI=1S/C14H20O4/c1-10(8-15)13(11(2)9-16)18-14(17)12-6-4-3-5-7-12/h3-7,10-11,13,15-16H,8-9H2,1-2H3. The molecule has 0 heterocycles. The van der Waals surface area contributed by atoms with E-state index in [0.717, 1.165) is 0 Å². The summed E-state index contributed by atoms with van der Waals surface area (Å²) in [6, 6.07) is 8.69. The van der Waals surface area contributed by atoms with Crippen LogP contribution >= 0.6 is 0 Å². The van der Waals surface area contributed by atoms with Crippen LogP contribution in [0.25, 0.3) is 0 Å². The number of hydrogen-bond acceptors (Lipinski definition) is 4. The maximum Gasteiger partial charge on any atom is 0.338 e. The predicted octanol–water partition coefficient (Wildman–Crippen LogP) is 1.47. The number of carbonyl (C=O) groups excluding carboxylic acids is 1. The first kappa shape index (κ1) is 14.7. The summed E-state index contributed by atoms with van der Waals surface area (Å²) < 4.78 is 5.38. The van der Waals surface area contributed by atoms with Gasteiger partial charge in [-0.05, 0) is 12.1 Å². The van der Waals surface area contributed by atoms with Gasteiger partial charge < -0.3 is 14.9 Å². The number of aliphatic hydroxyl groups is 2. The SMILES string of the molecule is CC(CO)C(OC(=O)c1ccccc1)C(C)CO. The van der Waals surface area contributed by atoms with Crippen molar-refractivity contribution in [3.63, 3.8) is 0 Å². The van der Waals surface area contributed by atoms with Crippen LogP contribution in [0.15, 0.2) is 30.3 Å². The Morgan fingerprint density at radius 2 is 1.61 bits per heavy atom. The van der Waals surface area contributed by atoms with Gasteiger partial charge >= 0.3 is 5.97 Å². The van der Waals surface area contributed by atoms with Gasteiger partial charge in [-0.15, -0.1) is 0 Å². The van der Waals surface area contributed by atoms with Crippen LogP contribution in [-0.2, 0) is 4.74 Å². The zero-order chi connectivity index (χ0) is 13.5. The van der Waals surface area contributed by atoms with Crippen LogP contribution in [0.5, 0.6) is 0 Å². The third kappa shape index (κ3) is 3.82. The molecule has 0 fully saturated rings. The van der Waals surface area contributed by atoms with Crippen LogP contribution in [0.4, 0.5) is 0 Å². The van der Waals surface area contributed by atoms with Gasteiger partial charge in [0.05, 0.1) is 5.56 Å². The van der Waals surface area contributed by atoms with E-state index in [0.29, 0.717) is 5.56 Å². The minimum absolute atomic E-state index is 0.0862. The van der Waals surface area contributed by atoms with Crippen molar-refractivity contribution in [1.29, 1.82) is 0 Å². The van der Waals surface area contributed by atoms with Gasteiger partial charge in [0, 0.05) is 25.0 Å². The molecule has 0 aliphatic rings. The molecule has 2 atom stereocenters. The van der Waals surface area contributed by atoms with E-state index >= 15 is 0 Å². The molecule has 0 amide bonds. The van der Waals surface area contributed by atoms with E-state index in [9.17, 15) is 4.79 Å². The summed E-state index contributed by atoms with van der Waals surface area (Å²) in [5, 5.41) is 18.3. The summed E-state index contributed by atoms with van der Waals surface area (Å²) in [7, 11) is 0. The molecule has 0 aliphatic heterocycles. The molecule has 1 aromatic rings. The van der Waals surface area contributed by atoms with Crippen molar-refractivity contribution in [2.75, 3.05) is 13.2 Å². The zero-order valence-corrected chi connectivity index (χ0v) is 10.7. The van der Waals surface area contributed by atoms with E-state index in [2.05, 4.69) is 0 Å². The van der Waals surface area contributed by atoms with Crippen LogP contribution in [0.1, 0.15) is 24.2 Å². The topological polar surface area (TPSA) is 66.8 Å². The minimum Gasteiger partial charge on any atom is -0.458 e. The Balaban J connectivity index is 2.75. The third-order valence-electron chi connectivity index (χ3n) is 2.95. The van der Waals surface area contributed by atoms with E-state index in [4.69, 9.17) is 14.9 Å². The van der Waals surface area contributed by atoms with Crippen molar-refractivity contribution in [3.05, 3.63) is 35.9 Å². The molecular weight excluding hydrogens is 232 g/mol. The molecule has 0 bridgehead atoms. The molecule has 0 saturated heterocycles. The number of rotatable bonds is 6. The maximum atomic E-state index is 11.9. The van der Waals surface area contributed by atoms with Crippen molar-refractivity contribution in [1.82, 2.24) is 0 Å². The Labute approximate surface area is 107 Å². The second-order valence-electron chi connectivity index (χ2n) is 4.56. The van der Waals surface area contributed by atoms with Gasteiger partial charge in [0.15, 0.2) is 0 Å². The molecule has 100 valence electrons. The molecule has 1 rings (SSSR count). The number of aliphatic hydroxyl groups excluding tert-OH is 2. The van der Waals surface area contributed by atoms with Gasteiger partial charge in [0.1, 0.15) is 6.10 Å². The van der Waals surface area contributed by atoms with E-state index < -0.39 is 12.1 Å². The smallest absolute Gasteiger partial charge is 0.338 e. The average Bonchev–Trinajstić information content (AvgIpc) is 2.43. The van der Waals surface area contributed by atoms with Gasteiger partial charge in [-0.2, -0.15) is 0 Å². The van der Waals surface area contributed by atoms with Crippen molar-refractivity contribution >= 4 is 5.97 Å². The van der Waals surface area contributed by atoms with E-state index in [-0.39, 0.29) is 25.0 Å². The fraction of sp³-hybridized carbons (Fsp3) is 0.500. The summed E-state index contributed by atoms with van der Waals surface area (Å²) in [5.74, 6) is -0.846. The maximum absolute atomic E-state index is 11.9. The normalized spacial score (nSPS) is 15.8. The second-order valence-corrected chi connectivity index (χ2v) is 4.56. The van der Waals surface area contributed by atoms with E-state index in [1.807, 2.05) is 6.07 Å². The van der Waals surface area contributed by atoms with Gasteiger partial charge in [-0.25, -0.2) is 4.79 Å². The second kappa shape index (κ2) is 7.13. The Kier molecular flexibility index (Phi) is 5.82. The van der Waals surface area contributed by atoms with Crippen molar-refractivity contribution in [2.24, 2.45) is 11.8 Å². The van der Waals surface area contributed by atoms with Crippen LogP contribution < -0.4 is 0 Å². The Morgan fingerprint density at radius 1 is 1.11 bits per heavy atom. The molecule has 0 spiro atoms. The highest BCUT2D eigenvalue weighted by Gasteiger charge is 2.27. The number of esters is 1. The number of ether oxygens (including phenoxy) is 1. The van der Waals surface area contributed by atoms with Crippen molar-refractivity contribution in [3.8, 4) is 0 Å². The molecule has 0 saturated carbocycles. The lowest BCUT2D eigenvalue weighted by molar-refractivity contribution is -0.0225. The molecule has 0 aliphatic carbocycles. The molecular formula is C14H20O4. The summed E-state index contributed by atoms with van der Waals surface area (Å²) in [6.45, 7) is 3.40. The highest BCUT2D eigenvalue weighted by atomic mass is 16.5. The Hall–Kier alpha value is -1.39. The number of benzene rings is 1. The lowest BCUT2D eigenvalue weighted by Gasteiger charge is -2.27. The number of hydrogen-bond donors (Lipinski definition) is 2. The lowest BCUT2D eigenvalue weighted by atomic mass is 9.94. The monoisotopic (exact) mass is 252 g/mol. The fourth-order valence-electron chi connectivity index (χ4n) is 1.77. The van der Waals surface area contributed by atoms with Gasteiger partial charge in [0.25, 0.3) is 0 Å². The van der Waals surface area contributed by atoms with Crippen LogP contribution in [0, 0.1) is 11.8 Å². The first-order valence-corrected chi connectivity index (χ1v) is 6.07. The molecule has 0 aromatic heterocycles. The van der Waals surface area contributed by atoms with Crippen molar-refractivity contribution < 1.29 is 19.7 Å². The van der Waals surface area contributed by atoms with E-state index in [1.165, 1.54) is 0 Å². The van der Waals surface area contributed by atoms with Crippen LogP contribution in [0.2, 0.25) is 0 Å². The molecule has 2 unspecified atom stereocenters. The molecule has 4 nitrogen and oxygen atoms in total. The highest BCUT2D eigenvalue weighted by molar-refractivity contribution is 5.89. The van der Waals surface area contributed by atoms with Crippen LogP contribution in [0.3, 0.4) is 0 Å². The van der Waals surface area contributed by atoms with Gasteiger partial charge in [-0.1, -0.05) is 32.0 Å². The zero-order valence-electron chi connectivity index (χ0n) is 10.7. The first-order chi connectivity index (χ1) is 8.60. The summed E-state index contributed by atoms with van der Waals surface area (Å²) in [4.78, 5) is 11.9. The first-order valence-electron chi connectivity index (χ1n) is 6.07. The summed E-state index contributed by atoms with van der Waals surface area (Å²) in [5.41, 5.74) is 0.470. The number of carbonyl (C=O) groups is 1. The van der Waals surface area contributed by atoms with Crippen LogP contribution in [-0.4, -0.2) is 35.5 Å². The third-order valence-corrected chi connectivity index (χ3v) is 2.95. The van der Waals surface area contributed by atoms with E-state index in [1.54, 1.807) is 38.1 Å². The Bertz CT molecular complexity index is 353. The highest BCUT2D eigenvalue weighted by Crippen LogP contribution is 2.18. The molecule has 4 heteroatoms. The fourth-order valence-corrected chi connectivity index (χ4v) is 1.77.